The topological polar surface area (TPSA) is 91.8 Å². The van der Waals surface area contributed by atoms with E-state index >= 15 is 0 Å². The number of aromatic hydroxyl groups is 1. The van der Waals surface area contributed by atoms with Gasteiger partial charge in [-0.25, -0.2) is 18.7 Å². The third-order valence-electron chi connectivity index (χ3n) is 3.61. The van der Waals surface area contributed by atoms with E-state index in [1.807, 2.05) is 0 Å². The maximum absolute atomic E-state index is 12.7. The highest BCUT2D eigenvalue weighted by Gasteiger charge is 2.05. The molecule has 0 amide bonds. The zero-order valence-electron chi connectivity index (χ0n) is 15.0. The molecule has 0 spiro atoms. The summed E-state index contributed by atoms with van der Waals surface area (Å²) in [5, 5.41) is 9.62. The van der Waals surface area contributed by atoms with Crippen LogP contribution < -0.4 is 5.56 Å². The minimum atomic E-state index is -0.457. The summed E-state index contributed by atoms with van der Waals surface area (Å²) in [4.78, 5) is 25.1. The molecule has 0 atom stereocenters. The van der Waals surface area contributed by atoms with Crippen LogP contribution in [0.4, 0.5) is 8.78 Å². The third kappa shape index (κ3) is 5.82. The number of aromatic nitrogens is 4. The summed E-state index contributed by atoms with van der Waals surface area (Å²) in [5.41, 5.74) is 0.743. The lowest BCUT2D eigenvalue weighted by Crippen LogP contribution is -2.06. The molecule has 10 heteroatoms. The van der Waals surface area contributed by atoms with Gasteiger partial charge in [0.15, 0.2) is 5.82 Å². The van der Waals surface area contributed by atoms with Crippen LogP contribution in [0.2, 0.25) is 10.3 Å². The number of rotatable bonds is 2. The minimum Gasteiger partial charge on any atom is -0.493 e. The molecule has 0 unspecified atom stereocenters. The standard InChI is InChI=1S/C10H5Cl2FN2.C10H7FN2O2/c11-8-5-9(12)15-10(14-8)6-1-3-7(13)4-2-6;11-7-3-1-6(2-4-7)10-12-8(14)5-9(15)13-10/h1-5H;1-5H,(H2,12,13,14,15). The van der Waals surface area contributed by atoms with Crippen LogP contribution in [0.15, 0.2) is 65.5 Å². The van der Waals surface area contributed by atoms with Gasteiger partial charge in [0.25, 0.3) is 5.56 Å². The molecule has 0 bridgehead atoms. The minimum absolute atomic E-state index is 0.208. The molecule has 0 aliphatic carbocycles. The van der Waals surface area contributed by atoms with Crippen molar-refractivity contribution in [1.82, 2.24) is 19.9 Å². The molecule has 152 valence electrons. The monoisotopic (exact) mass is 448 g/mol. The quantitative estimate of drug-likeness (QED) is 0.426. The summed E-state index contributed by atoms with van der Waals surface area (Å²) in [6, 6.07) is 13.6. The van der Waals surface area contributed by atoms with Gasteiger partial charge in [0.1, 0.15) is 27.8 Å². The van der Waals surface area contributed by atoms with Crippen molar-refractivity contribution in [2.24, 2.45) is 0 Å². The summed E-state index contributed by atoms with van der Waals surface area (Å²) in [5.74, 6) is -0.460. The van der Waals surface area contributed by atoms with E-state index in [-0.39, 0.29) is 33.6 Å². The third-order valence-corrected chi connectivity index (χ3v) is 4.00. The van der Waals surface area contributed by atoms with Gasteiger partial charge in [0.2, 0.25) is 5.88 Å². The summed E-state index contributed by atoms with van der Waals surface area (Å²) in [6.45, 7) is 0. The Morgan fingerprint density at radius 1 is 0.767 bits per heavy atom. The summed E-state index contributed by atoms with van der Waals surface area (Å²) in [6.07, 6.45) is 0. The van der Waals surface area contributed by atoms with E-state index in [0.29, 0.717) is 17.0 Å². The number of halogens is 4. The lowest BCUT2D eigenvalue weighted by atomic mass is 10.2. The van der Waals surface area contributed by atoms with Gasteiger partial charge in [-0.3, -0.25) is 4.79 Å². The second-order valence-corrected chi connectivity index (χ2v) is 6.58. The number of nitrogens with one attached hydrogen (secondary N) is 1. The van der Waals surface area contributed by atoms with Crippen molar-refractivity contribution >= 4 is 23.2 Å². The predicted molar refractivity (Wildman–Crippen MR) is 109 cm³/mol. The van der Waals surface area contributed by atoms with E-state index in [1.54, 1.807) is 12.1 Å². The molecule has 0 aliphatic heterocycles. The van der Waals surface area contributed by atoms with Crippen LogP contribution >= 0.6 is 23.2 Å². The first-order valence-corrected chi connectivity index (χ1v) is 9.08. The molecular weight excluding hydrogens is 437 g/mol. The molecule has 2 N–H and O–H groups in total. The smallest absolute Gasteiger partial charge is 0.254 e. The Bertz CT molecular complexity index is 1200. The van der Waals surface area contributed by atoms with Crippen molar-refractivity contribution in [3.05, 3.63) is 93.0 Å². The SMILES string of the molecule is Fc1ccc(-c2nc(Cl)cc(Cl)n2)cc1.O=c1cc(O)nc(-c2ccc(F)cc2)[nH]1. The first kappa shape index (κ1) is 21.4. The predicted octanol–water partition coefficient (Wildman–Crippen LogP) is 4.87. The van der Waals surface area contributed by atoms with E-state index in [0.717, 1.165) is 6.07 Å². The molecule has 4 rings (SSSR count). The maximum atomic E-state index is 12.7. The van der Waals surface area contributed by atoms with Gasteiger partial charge in [0.05, 0.1) is 6.07 Å². The van der Waals surface area contributed by atoms with Crippen LogP contribution in [0.5, 0.6) is 5.88 Å². The average molecular weight is 449 g/mol. The Balaban J connectivity index is 0.000000171. The highest BCUT2D eigenvalue weighted by Crippen LogP contribution is 2.20. The second kappa shape index (κ2) is 9.43. The second-order valence-electron chi connectivity index (χ2n) is 5.80. The lowest BCUT2D eigenvalue weighted by Gasteiger charge is -2.00. The van der Waals surface area contributed by atoms with Crippen molar-refractivity contribution in [1.29, 1.82) is 0 Å². The fourth-order valence-corrected chi connectivity index (χ4v) is 2.73. The number of aromatic amines is 1. The van der Waals surface area contributed by atoms with Crippen LogP contribution in [0.25, 0.3) is 22.8 Å². The fourth-order valence-electron chi connectivity index (χ4n) is 2.31. The average Bonchev–Trinajstić information content (AvgIpc) is 2.68. The Labute approximate surface area is 178 Å². The first-order valence-electron chi connectivity index (χ1n) is 8.32. The van der Waals surface area contributed by atoms with Gasteiger partial charge in [-0.2, -0.15) is 4.98 Å². The maximum Gasteiger partial charge on any atom is 0.254 e. The van der Waals surface area contributed by atoms with E-state index in [9.17, 15) is 13.6 Å². The van der Waals surface area contributed by atoms with Gasteiger partial charge in [-0.15, -0.1) is 0 Å². The van der Waals surface area contributed by atoms with Crippen LogP contribution in [0, 0.1) is 11.6 Å². The molecule has 0 saturated carbocycles. The van der Waals surface area contributed by atoms with Crippen LogP contribution in [0.3, 0.4) is 0 Å². The van der Waals surface area contributed by atoms with Gasteiger partial charge >= 0.3 is 0 Å². The van der Waals surface area contributed by atoms with Crippen molar-refractivity contribution in [3.8, 4) is 28.7 Å². The zero-order chi connectivity index (χ0) is 21.7. The van der Waals surface area contributed by atoms with Crippen LogP contribution in [-0.2, 0) is 0 Å². The fraction of sp³-hybridized carbons (Fsp3) is 0. The first-order chi connectivity index (χ1) is 14.3. The highest BCUT2D eigenvalue weighted by atomic mass is 35.5. The van der Waals surface area contributed by atoms with Crippen molar-refractivity contribution < 1.29 is 13.9 Å². The molecule has 2 aromatic carbocycles. The number of nitrogens with zero attached hydrogens (tertiary/aromatic N) is 3. The summed E-state index contributed by atoms with van der Waals surface area (Å²) in [7, 11) is 0. The highest BCUT2D eigenvalue weighted by molar-refractivity contribution is 6.33. The molecule has 0 saturated heterocycles. The van der Waals surface area contributed by atoms with E-state index < -0.39 is 5.56 Å². The number of hydrogen-bond acceptors (Lipinski definition) is 5. The molecule has 30 heavy (non-hydrogen) atoms. The van der Waals surface area contributed by atoms with Crippen molar-refractivity contribution in [2.45, 2.75) is 0 Å². The van der Waals surface area contributed by atoms with Gasteiger partial charge in [-0.1, -0.05) is 23.2 Å². The molecule has 2 aromatic heterocycles. The number of benzene rings is 2. The largest absolute Gasteiger partial charge is 0.493 e. The number of H-pyrrole nitrogens is 1. The molecule has 2 heterocycles. The molecule has 0 radical (unpaired) electrons. The Morgan fingerprint density at radius 2 is 1.27 bits per heavy atom. The van der Waals surface area contributed by atoms with E-state index in [1.165, 1.54) is 42.5 Å². The van der Waals surface area contributed by atoms with E-state index in [2.05, 4.69) is 19.9 Å². The summed E-state index contributed by atoms with van der Waals surface area (Å²) < 4.78 is 25.3. The molecular formula is C20H12Cl2F2N4O2. The van der Waals surface area contributed by atoms with Gasteiger partial charge in [0, 0.05) is 17.2 Å². The Morgan fingerprint density at radius 3 is 1.77 bits per heavy atom. The van der Waals surface area contributed by atoms with Crippen molar-refractivity contribution in [2.75, 3.05) is 0 Å². The summed E-state index contributed by atoms with van der Waals surface area (Å²) >= 11 is 11.4. The normalized spacial score (nSPS) is 10.3. The number of hydrogen-bond donors (Lipinski definition) is 2. The van der Waals surface area contributed by atoms with Gasteiger partial charge in [-0.05, 0) is 48.5 Å². The zero-order valence-corrected chi connectivity index (χ0v) is 16.5. The Kier molecular flexibility index (Phi) is 6.71. The Hall–Kier alpha value is -3.36. The van der Waals surface area contributed by atoms with E-state index in [4.69, 9.17) is 28.3 Å². The van der Waals surface area contributed by atoms with Crippen LogP contribution in [-0.4, -0.2) is 25.0 Å². The molecule has 0 aliphatic rings. The molecule has 4 aromatic rings. The van der Waals surface area contributed by atoms with Gasteiger partial charge < -0.3 is 10.1 Å². The lowest BCUT2D eigenvalue weighted by molar-refractivity contribution is 0.452. The molecule has 0 fully saturated rings. The molecule has 6 nitrogen and oxygen atoms in total. The van der Waals surface area contributed by atoms with Crippen molar-refractivity contribution in [3.63, 3.8) is 0 Å². The van der Waals surface area contributed by atoms with Crippen LogP contribution in [0.1, 0.15) is 0 Å².